The fraction of sp³-hybridized carbons (Fsp3) is 0.625. The number of ketones is 1. The van der Waals surface area contributed by atoms with E-state index >= 15 is 0 Å². The molecule has 2 heteroatoms. The smallest absolute Gasteiger partial charge is 0.159 e. The van der Waals surface area contributed by atoms with Crippen molar-refractivity contribution in [3.63, 3.8) is 0 Å². The lowest BCUT2D eigenvalue weighted by molar-refractivity contribution is -0.117. The van der Waals surface area contributed by atoms with Crippen LogP contribution >= 0.6 is 11.6 Å². The molecule has 0 rings (SSSR count). The van der Waals surface area contributed by atoms with Crippen LogP contribution in [0, 0.1) is 5.92 Å². The van der Waals surface area contributed by atoms with E-state index in [-0.39, 0.29) is 11.7 Å². The molecule has 0 aliphatic carbocycles. The molecule has 1 nitrogen and oxygen atoms in total. The quantitative estimate of drug-likeness (QED) is 0.578. The highest BCUT2D eigenvalue weighted by atomic mass is 35.5. The third-order valence-electron chi connectivity index (χ3n) is 1.43. The highest BCUT2D eigenvalue weighted by molar-refractivity contribution is 6.26. The van der Waals surface area contributed by atoms with E-state index in [0.29, 0.717) is 0 Å². The molecule has 0 aromatic carbocycles. The van der Waals surface area contributed by atoms with E-state index in [1.54, 1.807) is 0 Å². The minimum absolute atomic E-state index is 0.122. The van der Waals surface area contributed by atoms with Crippen molar-refractivity contribution >= 4 is 17.4 Å². The molecule has 0 amide bonds. The molecule has 0 aromatic heterocycles. The average Bonchev–Trinajstić information content (AvgIpc) is 1.89. The molecule has 0 heterocycles. The normalized spacial score (nSPS) is 13.9. The number of hydrogen-bond acceptors (Lipinski definition) is 1. The van der Waals surface area contributed by atoms with Crippen molar-refractivity contribution in [3.8, 4) is 0 Å². The Bertz CT molecular complexity index is 129. The van der Waals surface area contributed by atoms with Crippen LogP contribution in [0.1, 0.15) is 26.7 Å². The van der Waals surface area contributed by atoms with Gasteiger partial charge in [-0.2, -0.15) is 0 Å². The Morgan fingerprint density at radius 1 is 1.70 bits per heavy atom. The van der Waals surface area contributed by atoms with Crippen molar-refractivity contribution in [2.24, 2.45) is 5.92 Å². The van der Waals surface area contributed by atoms with Crippen molar-refractivity contribution in [2.45, 2.75) is 26.7 Å². The van der Waals surface area contributed by atoms with Gasteiger partial charge in [0.1, 0.15) is 0 Å². The third-order valence-corrected chi connectivity index (χ3v) is 1.56. The molecule has 0 aromatic rings. The van der Waals surface area contributed by atoms with E-state index in [1.807, 2.05) is 6.92 Å². The van der Waals surface area contributed by atoms with Crippen LogP contribution in [0.3, 0.4) is 0 Å². The van der Waals surface area contributed by atoms with Crippen molar-refractivity contribution in [1.82, 2.24) is 0 Å². The Kier molecular flexibility index (Phi) is 5.32. The molecular formula is C8H13ClO. The van der Waals surface area contributed by atoms with Crippen molar-refractivity contribution in [3.05, 3.63) is 11.6 Å². The fourth-order valence-corrected chi connectivity index (χ4v) is 0.926. The first-order valence-corrected chi connectivity index (χ1v) is 3.96. The van der Waals surface area contributed by atoms with Crippen LogP contribution in [-0.2, 0) is 4.79 Å². The molecule has 0 bridgehead atoms. The summed E-state index contributed by atoms with van der Waals surface area (Å²) in [5.74, 6) is 0.247. The molecule has 10 heavy (non-hydrogen) atoms. The first kappa shape index (κ1) is 9.70. The summed E-state index contributed by atoms with van der Waals surface area (Å²) < 4.78 is 0. The second-order valence-corrected chi connectivity index (χ2v) is 2.64. The molecule has 1 atom stereocenters. The molecule has 1 unspecified atom stereocenters. The lowest BCUT2D eigenvalue weighted by Crippen LogP contribution is -2.06. The summed E-state index contributed by atoms with van der Waals surface area (Å²) >= 11 is 5.24. The molecule has 0 spiro atoms. The van der Waals surface area contributed by atoms with Gasteiger partial charge in [0.2, 0.25) is 0 Å². The zero-order chi connectivity index (χ0) is 7.98. The lowest BCUT2D eigenvalue weighted by Gasteiger charge is -2.02. The molecule has 0 radical (unpaired) electrons. The summed E-state index contributed by atoms with van der Waals surface area (Å²) in [4.78, 5) is 11.0. The SMILES string of the molecule is CCCC(C)C(=O)/C=C/Cl. The molecule has 0 fully saturated rings. The summed E-state index contributed by atoms with van der Waals surface area (Å²) in [5.41, 5.74) is 1.27. The average molecular weight is 161 g/mol. The summed E-state index contributed by atoms with van der Waals surface area (Å²) in [6.45, 7) is 3.98. The molecule has 0 saturated heterocycles. The number of allylic oxidation sites excluding steroid dienone is 1. The number of hydrogen-bond donors (Lipinski definition) is 0. The van der Waals surface area contributed by atoms with E-state index < -0.39 is 0 Å². The van der Waals surface area contributed by atoms with Crippen LogP contribution in [0.2, 0.25) is 0 Å². The fourth-order valence-electron chi connectivity index (χ4n) is 0.802. The van der Waals surface area contributed by atoms with E-state index in [2.05, 4.69) is 6.92 Å². The van der Waals surface area contributed by atoms with E-state index in [1.165, 1.54) is 11.6 Å². The van der Waals surface area contributed by atoms with Gasteiger partial charge in [-0.1, -0.05) is 31.9 Å². The van der Waals surface area contributed by atoms with Gasteiger partial charge >= 0.3 is 0 Å². The highest BCUT2D eigenvalue weighted by Gasteiger charge is 2.06. The minimum atomic E-state index is 0.122. The maximum absolute atomic E-state index is 11.0. The van der Waals surface area contributed by atoms with E-state index in [4.69, 9.17) is 11.6 Å². The second kappa shape index (κ2) is 5.48. The molecular weight excluding hydrogens is 148 g/mol. The Balaban J connectivity index is 3.70. The van der Waals surface area contributed by atoms with Gasteiger partial charge in [-0.3, -0.25) is 4.79 Å². The number of halogens is 1. The number of carbonyl (C=O) groups excluding carboxylic acids is 1. The monoisotopic (exact) mass is 160 g/mol. The van der Waals surface area contributed by atoms with Gasteiger partial charge in [0.05, 0.1) is 0 Å². The van der Waals surface area contributed by atoms with Crippen LogP contribution in [-0.4, -0.2) is 5.78 Å². The largest absolute Gasteiger partial charge is 0.295 e. The van der Waals surface area contributed by atoms with Crippen LogP contribution in [0.25, 0.3) is 0 Å². The molecule has 0 aliphatic heterocycles. The molecule has 0 aliphatic rings. The Labute approximate surface area is 67.1 Å². The van der Waals surface area contributed by atoms with Crippen molar-refractivity contribution in [2.75, 3.05) is 0 Å². The van der Waals surface area contributed by atoms with Crippen molar-refractivity contribution in [1.29, 1.82) is 0 Å². The number of rotatable bonds is 4. The topological polar surface area (TPSA) is 17.1 Å². The second-order valence-electron chi connectivity index (χ2n) is 2.38. The molecule has 0 saturated carbocycles. The predicted molar refractivity (Wildman–Crippen MR) is 44.1 cm³/mol. The highest BCUT2D eigenvalue weighted by Crippen LogP contribution is 2.06. The summed E-state index contributed by atoms with van der Waals surface area (Å²) in [7, 11) is 0. The van der Waals surface area contributed by atoms with Gasteiger partial charge in [-0.25, -0.2) is 0 Å². The van der Waals surface area contributed by atoms with Crippen LogP contribution < -0.4 is 0 Å². The van der Waals surface area contributed by atoms with Gasteiger partial charge < -0.3 is 0 Å². The Hall–Kier alpha value is -0.300. The van der Waals surface area contributed by atoms with Gasteiger partial charge in [-0.05, 0) is 12.5 Å². The maximum Gasteiger partial charge on any atom is 0.159 e. The predicted octanol–water partition coefficient (Wildman–Crippen LogP) is 2.74. The van der Waals surface area contributed by atoms with Gasteiger partial charge in [0.15, 0.2) is 5.78 Å². The zero-order valence-corrected chi connectivity index (χ0v) is 7.19. The summed E-state index contributed by atoms with van der Waals surface area (Å²) in [6, 6.07) is 0. The van der Waals surface area contributed by atoms with Gasteiger partial charge in [0, 0.05) is 11.5 Å². The van der Waals surface area contributed by atoms with E-state index in [9.17, 15) is 4.79 Å². The van der Waals surface area contributed by atoms with Gasteiger partial charge in [0.25, 0.3) is 0 Å². The van der Waals surface area contributed by atoms with Crippen LogP contribution in [0.5, 0.6) is 0 Å². The Morgan fingerprint density at radius 2 is 2.30 bits per heavy atom. The number of carbonyl (C=O) groups is 1. The first-order chi connectivity index (χ1) is 4.72. The lowest BCUT2D eigenvalue weighted by atomic mass is 10.0. The third kappa shape index (κ3) is 3.67. The minimum Gasteiger partial charge on any atom is -0.295 e. The molecule has 0 N–H and O–H groups in total. The molecule has 58 valence electrons. The zero-order valence-electron chi connectivity index (χ0n) is 6.43. The maximum atomic E-state index is 11.0. The summed E-state index contributed by atoms with van der Waals surface area (Å²) in [6.07, 6.45) is 3.41. The van der Waals surface area contributed by atoms with Gasteiger partial charge in [-0.15, -0.1) is 0 Å². The standard InChI is InChI=1S/C8H13ClO/c1-3-4-7(2)8(10)5-6-9/h5-7H,3-4H2,1-2H3/b6-5+. The van der Waals surface area contributed by atoms with E-state index in [0.717, 1.165) is 12.8 Å². The van der Waals surface area contributed by atoms with Crippen molar-refractivity contribution < 1.29 is 4.79 Å². The van der Waals surface area contributed by atoms with Crippen LogP contribution in [0.15, 0.2) is 11.6 Å². The first-order valence-electron chi connectivity index (χ1n) is 3.53. The summed E-state index contributed by atoms with van der Waals surface area (Å²) in [5, 5.41) is 0. The van der Waals surface area contributed by atoms with Crippen LogP contribution in [0.4, 0.5) is 0 Å². The Morgan fingerprint density at radius 3 is 2.70 bits per heavy atom.